The second kappa shape index (κ2) is 6.99. The van der Waals surface area contributed by atoms with Gasteiger partial charge in [0.05, 0.1) is 0 Å². The van der Waals surface area contributed by atoms with Crippen LogP contribution in [-0.2, 0) is 11.8 Å². The second-order valence-electron chi connectivity index (χ2n) is 6.61. The number of nitrogens with zero attached hydrogens (tertiary/aromatic N) is 1. The summed E-state index contributed by atoms with van der Waals surface area (Å²) in [6, 6.07) is 7.38. The number of aromatic nitrogens is 1. The number of pyridine rings is 1. The van der Waals surface area contributed by atoms with Crippen molar-refractivity contribution in [3.05, 3.63) is 40.8 Å². The van der Waals surface area contributed by atoms with E-state index in [0.29, 0.717) is 17.7 Å². The van der Waals surface area contributed by atoms with E-state index in [-0.39, 0.29) is 11.5 Å². The molecular weight excluding hydrogens is 288 g/mol. The minimum absolute atomic E-state index is 0.0395. The zero-order valence-corrected chi connectivity index (χ0v) is 13.7. The van der Waals surface area contributed by atoms with Crippen LogP contribution in [0.4, 0.5) is 5.69 Å². The number of hydrogen-bond acceptors (Lipinski definition) is 2. The zero-order valence-electron chi connectivity index (χ0n) is 13.7. The summed E-state index contributed by atoms with van der Waals surface area (Å²) < 4.78 is 1.56. The number of aryl methyl sites for hydroxylation is 1. The fraction of sp³-hybridized carbons (Fsp3) is 0.474. The summed E-state index contributed by atoms with van der Waals surface area (Å²) in [5.41, 5.74) is 0.696. The Hall–Kier alpha value is -2.10. The van der Waals surface area contributed by atoms with Gasteiger partial charge in [-0.25, -0.2) is 0 Å². The lowest BCUT2D eigenvalue weighted by Crippen LogP contribution is -2.18. The maximum atomic E-state index is 12.4. The van der Waals surface area contributed by atoms with E-state index in [1.807, 2.05) is 18.2 Å². The molecule has 1 N–H and O–H groups in total. The molecule has 4 heteroatoms. The standard InChI is InChI=1S/C19H24N2O2/c1-21-12-11-15-16(19(21)23)9-6-10-17(15)20-18(22)13-14-7-4-2-3-5-8-14/h6,9-12,14H,2-5,7-8,13H2,1H3,(H,20,22). The molecule has 1 saturated carbocycles. The molecule has 4 nitrogen and oxygen atoms in total. The van der Waals surface area contributed by atoms with E-state index in [1.165, 1.54) is 25.7 Å². The number of hydrogen-bond donors (Lipinski definition) is 1. The van der Waals surface area contributed by atoms with Crippen molar-refractivity contribution in [2.75, 3.05) is 5.32 Å². The van der Waals surface area contributed by atoms with Crippen LogP contribution in [0.25, 0.3) is 10.8 Å². The lowest BCUT2D eigenvalue weighted by molar-refractivity contribution is -0.117. The molecular formula is C19H24N2O2. The summed E-state index contributed by atoms with van der Waals surface area (Å²) in [6.45, 7) is 0. The minimum Gasteiger partial charge on any atom is -0.326 e. The summed E-state index contributed by atoms with van der Waals surface area (Å²) >= 11 is 0. The Morgan fingerprint density at radius 2 is 1.87 bits per heavy atom. The van der Waals surface area contributed by atoms with Gasteiger partial charge in [0.15, 0.2) is 0 Å². The Morgan fingerprint density at radius 1 is 1.13 bits per heavy atom. The van der Waals surface area contributed by atoms with Gasteiger partial charge in [-0.3, -0.25) is 9.59 Å². The quantitative estimate of drug-likeness (QED) is 0.876. The first-order valence-electron chi connectivity index (χ1n) is 8.53. The molecule has 23 heavy (non-hydrogen) atoms. The molecule has 0 atom stereocenters. The lowest BCUT2D eigenvalue weighted by Gasteiger charge is -2.14. The third-order valence-corrected chi connectivity index (χ3v) is 4.84. The maximum Gasteiger partial charge on any atom is 0.258 e. The minimum atomic E-state index is -0.0395. The van der Waals surface area contributed by atoms with E-state index >= 15 is 0 Å². The summed E-state index contributed by atoms with van der Waals surface area (Å²) in [4.78, 5) is 24.6. The number of fused-ring (bicyclic) bond motifs is 1. The lowest BCUT2D eigenvalue weighted by atomic mass is 9.96. The first-order valence-corrected chi connectivity index (χ1v) is 8.53. The molecule has 0 bridgehead atoms. The SMILES string of the molecule is Cn1ccc2c(NC(=O)CC3CCCCCC3)cccc2c1=O. The first kappa shape index (κ1) is 15.8. The molecule has 0 radical (unpaired) electrons. The molecule has 1 aromatic heterocycles. The fourth-order valence-corrected chi connectivity index (χ4v) is 3.52. The predicted molar refractivity (Wildman–Crippen MR) is 93.6 cm³/mol. The molecule has 0 aliphatic heterocycles. The van der Waals surface area contributed by atoms with Crippen LogP contribution in [-0.4, -0.2) is 10.5 Å². The number of nitrogens with one attached hydrogen (secondary N) is 1. The third-order valence-electron chi connectivity index (χ3n) is 4.84. The highest BCUT2D eigenvalue weighted by Crippen LogP contribution is 2.26. The fourth-order valence-electron chi connectivity index (χ4n) is 3.52. The molecule has 1 amide bonds. The van der Waals surface area contributed by atoms with E-state index in [4.69, 9.17) is 0 Å². The van der Waals surface area contributed by atoms with Gasteiger partial charge in [-0.05, 0) is 37.0 Å². The van der Waals surface area contributed by atoms with Gasteiger partial charge in [-0.15, -0.1) is 0 Å². The summed E-state index contributed by atoms with van der Waals surface area (Å²) in [7, 11) is 1.74. The average Bonchev–Trinajstić information content (AvgIpc) is 2.80. The summed E-state index contributed by atoms with van der Waals surface area (Å²) in [5, 5.41) is 4.46. The summed E-state index contributed by atoms with van der Waals surface area (Å²) in [5.74, 6) is 0.561. The molecule has 1 aliphatic carbocycles. The van der Waals surface area contributed by atoms with Crippen molar-refractivity contribution in [2.45, 2.75) is 44.9 Å². The highest BCUT2D eigenvalue weighted by molar-refractivity contribution is 6.01. The smallest absolute Gasteiger partial charge is 0.258 e. The molecule has 122 valence electrons. The van der Waals surface area contributed by atoms with E-state index in [0.717, 1.165) is 23.9 Å². The highest BCUT2D eigenvalue weighted by Gasteiger charge is 2.17. The molecule has 3 rings (SSSR count). The summed E-state index contributed by atoms with van der Waals surface area (Å²) in [6.07, 6.45) is 9.71. The van der Waals surface area contributed by atoms with Crippen molar-refractivity contribution in [3.8, 4) is 0 Å². The van der Waals surface area contributed by atoms with E-state index in [2.05, 4.69) is 5.32 Å². The van der Waals surface area contributed by atoms with Gasteiger partial charge < -0.3 is 9.88 Å². The van der Waals surface area contributed by atoms with Gasteiger partial charge in [-0.1, -0.05) is 31.7 Å². The van der Waals surface area contributed by atoms with Crippen LogP contribution >= 0.6 is 0 Å². The largest absolute Gasteiger partial charge is 0.326 e. The highest BCUT2D eigenvalue weighted by atomic mass is 16.1. The number of carbonyl (C=O) groups excluding carboxylic acids is 1. The van der Waals surface area contributed by atoms with Crippen molar-refractivity contribution in [1.82, 2.24) is 4.57 Å². The van der Waals surface area contributed by atoms with Crippen molar-refractivity contribution in [1.29, 1.82) is 0 Å². The zero-order chi connectivity index (χ0) is 16.2. The molecule has 2 aromatic rings. The van der Waals surface area contributed by atoms with Crippen molar-refractivity contribution in [2.24, 2.45) is 13.0 Å². The Labute approximate surface area is 136 Å². The maximum absolute atomic E-state index is 12.4. The van der Waals surface area contributed by atoms with Crippen LogP contribution in [0.2, 0.25) is 0 Å². The van der Waals surface area contributed by atoms with E-state index in [9.17, 15) is 9.59 Å². The van der Waals surface area contributed by atoms with E-state index in [1.54, 1.807) is 23.9 Å². The van der Waals surface area contributed by atoms with Gasteiger partial charge in [0.25, 0.3) is 5.56 Å². The second-order valence-corrected chi connectivity index (χ2v) is 6.61. The predicted octanol–water partition coefficient (Wildman–Crippen LogP) is 3.84. The number of amides is 1. The van der Waals surface area contributed by atoms with Crippen molar-refractivity contribution in [3.63, 3.8) is 0 Å². The number of carbonyl (C=O) groups is 1. The van der Waals surface area contributed by atoms with Gasteiger partial charge in [0.1, 0.15) is 0 Å². The van der Waals surface area contributed by atoms with E-state index < -0.39 is 0 Å². The topological polar surface area (TPSA) is 51.1 Å². The Morgan fingerprint density at radius 3 is 2.61 bits per heavy atom. The molecule has 0 spiro atoms. The molecule has 1 fully saturated rings. The molecule has 0 unspecified atom stereocenters. The van der Waals surface area contributed by atoms with Gasteiger partial charge >= 0.3 is 0 Å². The van der Waals surface area contributed by atoms with Gasteiger partial charge in [-0.2, -0.15) is 0 Å². The van der Waals surface area contributed by atoms with Crippen LogP contribution in [0.5, 0.6) is 0 Å². The molecule has 0 saturated heterocycles. The number of rotatable bonds is 3. The number of anilines is 1. The Kier molecular flexibility index (Phi) is 4.79. The molecule has 1 heterocycles. The van der Waals surface area contributed by atoms with Crippen LogP contribution in [0.15, 0.2) is 35.3 Å². The van der Waals surface area contributed by atoms with Crippen LogP contribution in [0.1, 0.15) is 44.9 Å². The van der Waals surface area contributed by atoms with Crippen LogP contribution < -0.4 is 10.9 Å². The average molecular weight is 312 g/mol. The van der Waals surface area contributed by atoms with Crippen LogP contribution in [0, 0.1) is 5.92 Å². The third kappa shape index (κ3) is 3.63. The first-order chi connectivity index (χ1) is 11.1. The van der Waals surface area contributed by atoms with Crippen molar-refractivity contribution < 1.29 is 4.79 Å². The normalized spacial score (nSPS) is 16.2. The molecule has 1 aliphatic rings. The van der Waals surface area contributed by atoms with Crippen LogP contribution in [0.3, 0.4) is 0 Å². The molecule has 1 aromatic carbocycles. The number of benzene rings is 1. The van der Waals surface area contributed by atoms with Gasteiger partial charge in [0.2, 0.25) is 5.91 Å². The van der Waals surface area contributed by atoms with Gasteiger partial charge in [0, 0.05) is 36.1 Å². The Bertz CT molecular complexity index is 756. The van der Waals surface area contributed by atoms with Crippen molar-refractivity contribution >= 4 is 22.4 Å². The monoisotopic (exact) mass is 312 g/mol. The Balaban J connectivity index is 1.77.